The standard InChI is InChI=1S/C23H42O4/c1-4-6-8-10-12-14-22(25)17-16-21(19-27-20(3)24)18-23(26)15-13-11-9-7-5-2/h21H,4-19H2,1-3H3. The van der Waals surface area contributed by atoms with E-state index in [1.807, 2.05) is 0 Å². The van der Waals surface area contributed by atoms with E-state index in [2.05, 4.69) is 13.8 Å². The molecule has 0 aromatic carbocycles. The van der Waals surface area contributed by atoms with Crippen LogP contribution in [-0.4, -0.2) is 24.1 Å². The number of esters is 1. The van der Waals surface area contributed by atoms with Gasteiger partial charge in [-0.3, -0.25) is 14.4 Å². The maximum atomic E-state index is 12.2. The lowest BCUT2D eigenvalue weighted by atomic mass is 9.93. The fourth-order valence-electron chi connectivity index (χ4n) is 3.25. The van der Waals surface area contributed by atoms with Crippen molar-refractivity contribution in [1.29, 1.82) is 0 Å². The zero-order valence-electron chi connectivity index (χ0n) is 18.0. The first kappa shape index (κ1) is 25.8. The molecule has 0 aliphatic heterocycles. The first-order valence-corrected chi connectivity index (χ1v) is 11.2. The van der Waals surface area contributed by atoms with E-state index in [0.29, 0.717) is 32.1 Å². The molecule has 0 rings (SSSR count). The molecule has 0 amide bonds. The maximum absolute atomic E-state index is 12.2. The van der Waals surface area contributed by atoms with Gasteiger partial charge in [0.05, 0.1) is 6.61 Å². The highest BCUT2D eigenvalue weighted by Crippen LogP contribution is 2.17. The Hall–Kier alpha value is -1.19. The van der Waals surface area contributed by atoms with Crippen LogP contribution in [0.25, 0.3) is 0 Å². The highest BCUT2D eigenvalue weighted by molar-refractivity contribution is 5.79. The lowest BCUT2D eigenvalue weighted by Gasteiger charge is -2.15. The average Bonchev–Trinajstić information content (AvgIpc) is 2.63. The van der Waals surface area contributed by atoms with Crippen molar-refractivity contribution in [1.82, 2.24) is 0 Å². The van der Waals surface area contributed by atoms with Crippen LogP contribution in [0.4, 0.5) is 0 Å². The Morgan fingerprint density at radius 2 is 1.22 bits per heavy atom. The first-order chi connectivity index (χ1) is 13.0. The molecule has 0 bridgehead atoms. The number of unbranched alkanes of at least 4 members (excludes halogenated alkanes) is 8. The lowest BCUT2D eigenvalue weighted by molar-refractivity contribution is -0.143. The molecule has 0 aromatic heterocycles. The van der Waals surface area contributed by atoms with Crippen LogP contribution in [-0.2, 0) is 19.1 Å². The van der Waals surface area contributed by atoms with Crippen LogP contribution in [0.2, 0.25) is 0 Å². The Morgan fingerprint density at radius 1 is 0.704 bits per heavy atom. The van der Waals surface area contributed by atoms with Crippen LogP contribution in [0.1, 0.15) is 117 Å². The molecule has 0 aromatic rings. The molecule has 4 heteroatoms. The van der Waals surface area contributed by atoms with Crippen LogP contribution in [0.3, 0.4) is 0 Å². The summed E-state index contributed by atoms with van der Waals surface area (Å²) in [4.78, 5) is 35.4. The summed E-state index contributed by atoms with van der Waals surface area (Å²) < 4.78 is 5.12. The smallest absolute Gasteiger partial charge is 0.302 e. The molecule has 1 atom stereocenters. The zero-order chi connectivity index (χ0) is 20.3. The van der Waals surface area contributed by atoms with E-state index in [4.69, 9.17) is 4.74 Å². The average molecular weight is 383 g/mol. The summed E-state index contributed by atoms with van der Waals surface area (Å²) in [5.74, 6) is 0.150. The van der Waals surface area contributed by atoms with Crippen LogP contribution >= 0.6 is 0 Å². The minimum Gasteiger partial charge on any atom is -0.466 e. The van der Waals surface area contributed by atoms with E-state index in [-0.39, 0.29) is 30.1 Å². The van der Waals surface area contributed by atoms with E-state index in [1.54, 1.807) is 0 Å². The minimum atomic E-state index is -0.325. The van der Waals surface area contributed by atoms with Gasteiger partial charge in [0.2, 0.25) is 0 Å². The Kier molecular flexibility index (Phi) is 17.4. The topological polar surface area (TPSA) is 60.4 Å². The second-order valence-corrected chi connectivity index (χ2v) is 7.82. The highest BCUT2D eigenvalue weighted by atomic mass is 16.5. The fourth-order valence-corrected chi connectivity index (χ4v) is 3.25. The van der Waals surface area contributed by atoms with Crippen molar-refractivity contribution < 1.29 is 19.1 Å². The fraction of sp³-hybridized carbons (Fsp3) is 0.870. The number of carbonyl (C=O) groups is 3. The van der Waals surface area contributed by atoms with Crippen LogP contribution in [0.5, 0.6) is 0 Å². The number of rotatable bonds is 19. The molecule has 0 radical (unpaired) electrons. The van der Waals surface area contributed by atoms with Gasteiger partial charge in [-0.05, 0) is 19.3 Å². The minimum absolute atomic E-state index is 0.0268. The molecule has 27 heavy (non-hydrogen) atoms. The summed E-state index contributed by atoms with van der Waals surface area (Å²) in [6.45, 7) is 5.99. The molecular weight excluding hydrogens is 340 g/mol. The van der Waals surface area contributed by atoms with Crippen molar-refractivity contribution in [3.05, 3.63) is 0 Å². The quantitative estimate of drug-likeness (QED) is 0.197. The molecule has 0 aliphatic carbocycles. The predicted molar refractivity (Wildman–Crippen MR) is 111 cm³/mol. The van der Waals surface area contributed by atoms with Crippen molar-refractivity contribution in [3.63, 3.8) is 0 Å². The third kappa shape index (κ3) is 18.0. The summed E-state index contributed by atoms with van der Waals surface area (Å²) in [7, 11) is 0. The molecular formula is C23H42O4. The normalized spacial score (nSPS) is 12.0. The molecule has 0 spiro atoms. The molecule has 0 aliphatic rings. The Labute approximate surface area is 166 Å². The molecule has 0 fully saturated rings. The number of carbonyl (C=O) groups excluding carboxylic acids is 3. The predicted octanol–water partition coefficient (Wildman–Crippen LogP) is 6.20. The van der Waals surface area contributed by atoms with Gasteiger partial charge in [0.1, 0.15) is 11.6 Å². The maximum Gasteiger partial charge on any atom is 0.302 e. The van der Waals surface area contributed by atoms with Crippen molar-refractivity contribution in [2.45, 2.75) is 117 Å². The van der Waals surface area contributed by atoms with E-state index >= 15 is 0 Å². The summed E-state index contributed by atoms with van der Waals surface area (Å²) >= 11 is 0. The molecule has 0 saturated carbocycles. The van der Waals surface area contributed by atoms with Crippen LogP contribution in [0.15, 0.2) is 0 Å². The zero-order valence-corrected chi connectivity index (χ0v) is 18.0. The SMILES string of the molecule is CCCCCCCC(=O)CCC(COC(C)=O)CC(=O)CCCCCCC. The Balaban J connectivity index is 4.12. The summed E-state index contributed by atoms with van der Waals surface area (Å²) in [5.41, 5.74) is 0. The summed E-state index contributed by atoms with van der Waals surface area (Å²) in [5, 5.41) is 0. The third-order valence-corrected chi connectivity index (χ3v) is 4.99. The van der Waals surface area contributed by atoms with Gasteiger partial charge in [-0.2, -0.15) is 0 Å². The van der Waals surface area contributed by atoms with E-state index in [1.165, 1.54) is 45.4 Å². The van der Waals surface area contributed by atoms with Gasteiger partial charge in [0.25, 0.3) is 0 Å². The second kappa shape index (κ2) is 18.2. The Bertz CT molecular complexity index is 403. The van der Waals surface area contributed by atoms with Gasteiger partial charge in [-0.25, -0.2) is 0 Å². The summed E-state index contributed by atoms with van der Waals surface area (Å²) in [6, 6.07) is 0. The van der Waals surface area contributed by atoms with Gasteiger partial charge in [-0.15, -0.1) is 0 Å². The molecule has 0 N–H and O–H groups in total. The highest BCUT2D eigenvalue weighted by Gasteiger charge is 2.17. The number of ketones is 2. The van der Waals surface area contributed by atoms with Crippen LogP contribution < -0.4 is 0 Å². The van der Waals surface area contributed by atoms with Gasteiger partial charge < -0.3 is 4.74 Å². The second-order valence-electron chi connectivity index (χ2n) is 7.82. The molecule has 4 nitrogen and oxygen atoms in total. The largest absolute Gasteiger partial charge is 0.466 e. The third-order valence-electron chi connectivity index (χ3n) is 4.99. The first-order valence-electron chi connectivity index (χ1n) is 11.2. The molecule has 1 unspecified atom stereocenters. The summed E-state index contributed by atoms with van der Waals surface area (Å²) in [6.07, 6.45) is 14.2. The van der Waals surface area contributed by atoms with Gasteiger partial charge in [-0.1, -0.05) is 65.2 Å². The molecule has 158 valence electrons. The van der Waals surface area contributed by atoms with Gasteiger partial charge in [0, 0.05) is 38.5 Å². The number of Topliss-reactive ketones (excluding diaryl/α,β-unsaturated/α-hetero) is 2. The number of ether oxygens (including phenoxy) is 1. The van der Waals surface area contributed by atoms with Crippen molar-refractivity contribution in [2.24, 2.45) is 5.92 Å². The van der Waals surface area contributed by atoms with E-state index < -0.39 is 0 Å². The number of hydrogen-bond donors (Lipinski definition) is 0. The van der Waals surface area contributed by atoms with E-state index in [9.17, 15) is 14.4 Å². The van der Waals surface area contributed by atoms with E-state index in [0.717, 1.165) is 25.7 Å². The van der Waals surface area contributed by atoms with Crippen LogP contribution in [0, 0.1) is 5.92 Å². The molecule has 0 heterocycles. The van der Waals surface area contributed by atoms with Crippen molar-refractivity contribution in [2.75, 3.05) is 6.61 Å². The monoisotopic (exact) mass is 382 g/mol. The van der Waals surface area contributed by atoms with Gasteiger partial charge in [0.15, 0.2) is 0 Å². The Morgan fingerprint density at radius 3 is 1.74 bits per heavy atom. The van der Waals surface area contributed by atoms with Gasteiger partial charge >= 0.3 is 5.97 Å². The lowest BCUT2D eigenvalue weighted by Crippen LogP contribution is -2.18. The molecule has 0 saturated heterocycles. The van der Waals surface area contributed by atoms with Crippen molar-refractivity contribution in [3.8, 4) is 0 Å². The van der Waals surface area contributed by atoms with Crippen molar-refractivity contribution >= 4 is 17.5 Å². The number of hydrogen-bond acceptors (Lipinski definition) is 4.